The van der Waals surface area contributed by atoms with Crippen molar-refractivity contribution in [1.29, 1.82) is 0 Å². The summed E-state index contributed by atoms with van der Waals surface area (Å²) in [4.78, 5) is 4.20. The molecule has 2 aromatic rings. The molecule has 0 spiro atoms. The van der Waals surface area contributed by atoms with E-state index in [0.717, 1.165) is 24.2 Å². The monoisotopic (exact) mass is 308 g/mol. The topological polar surface area (TPSA) is 90.0 Å². The van der Waals surface area contributed by atoms with Crippen molar-refractivity contribution in [2.45, 2.75) is 38.3 Å². The Hall–Kier alpha value is -1.86. The summed E-state index contributed by atoms with van der Waals surface area (Å²) in [6.45, 7) is 4.94. The Balaban J connectivity index is 2.31. The molecular formula is C14H20N4O2S. The van der Waals surface area contributed by atoms with Crippen LogP contribution in [-0.4, -0.2) is 18.0 Å². The Kier molecular flexibility index (Phi) is 4.64. The average Bonchev–Trinajstić information content (AvgIpc) is 2.83. The Labute approximate surface area is 125 Å². The van der Waals surface area contributed by atoms with Gasteiger partial charge in [-0.3, -0.25) is 9.71 Å². The summed E-state index contributed by atoms with van der Waals surface area (Å²) >= 11 is 0. The van der Waals surface area contributed by atoms with E-state index in [1.54, 1.807) is 24.5 Å². The Morgan fingerprint density at radius 1 is 1.33 bits per heavy atom. The van der Waals surface area contributed by atoms with E-state index in [-0.39, 0.29) is 4.90 Å². The van der Waals surface area contributed by atoms with Crippen LogP contribution in [0.4, 0.5) is 5.69 Å². The minimum atomic E-state index is -3.63. The van der Waals surface area contributed by atoms with Crippen molar-refractivity contribution in [2.24, 2.45) is 5.73 Å². The van der Waals surface area contributed by atoms with Crippen LogP contribution in [0.3, 0.4) is 0 Å². The second kappa shape index (κ2) is 6.28. The van der Waals surface area contributed by atoms with Gasteiger partial charge in [-0.1, -0.05) is 6.92 Å². The summed E-state index contributed by atoms with van der Waals surface area (Å²) in [6.07, 6.45) is 5.69. The molecule has 2 aromatic heterocycles. The van der Waals surface area contributed by atoms with Crippen LogP contribution >= 0.6 is 0 Å². The van der Waals surface area contributed by atoms with Crippen molar-refractivity contribution in [3.8, 4) is 0 Å². The maximum absolute atomic E-state index is 12.4. The van der Waals surface area contributed by atoms with Gasteiger partial charge < -0.3 is 10.3 Å². The number of nitrogens with one attached hydrogen (secondary N) is 1. The van der Waals surface area contributed by atoms with Gasteiger partial charge in [0.15, 0.2) is 0 Å². The molecule has 0 aromatic carbocycles. The first-order chi connectivity index (χ1) is 9.96. The van der Waals surface area contributed by atoms with E-state index >= 15 is 0 Å². The molecule has 114 valence electrons. The van der Waals surface area contributed by atoms with Crippen LogP contribution in [0, 0.1) is 6.92 Å². The normalized spacial score (nSPS) is 11.6. The second-order valence-electron chi connectivity index (χ2n) is 4.92. The molecule has 6 nitrogen and oxygen atoms in total. The minimum Gasteiger partial charge on any atom is -0.349 e. The third-order valence-electron chi connectivity index (χ3n) is 3.07. The molecular weight excluding hydrogens is 288 g/mol. The number of aryl methyl sites for hydroxylation is 2. The Bertz CT molecular complexity index is 722. The lowest BCUT2D eigenvalue weighted by molar-refractivity contribution is 0.600. The van der Waals surface area contributed by atoms with Crippen molar-refractivity contribution >= 4 is 15.7 Å². The molecule has 0 fully saturated rings. The molecule has 0 atom stereocenters. The number of nitrogens with two attached hydrogens (primary N) is 1. The van der Waals surface area contributed by atoms with Gasteiger partial charge in [-0.25, -0.2) is 8.42 Å². The van der Waals surface area contributed by atoms with Crippen LogP contribution < -0.4 is 10.5 Å². The van der Waals surface area contributed by atoms with Crippen LogP contribution in [0.15, 0.2) is 35.6 Å². The molecule has 0 aliphatic rings. The Morgan fingerprint density at radius 3 is 2.71 bits per heavy atom. The van der Waals surface area contributed by atoms with Gasteiger partial charge in [-0.2, -0.15) is 0 Å². The fourth-order valence-corrected chi connectivity index (χ4v) is 3.21. The van der Waals surface area contributed by atoms with Crippen LogP contribution in [0.2, 0.25) is 0 Å². The third kappa shape index (κ3) is 3.62. The van der Waals surface area contributed by atoms with E-state index in [2.05, 4.69) is 9.71 Å². The molecule has 0 saturated carbocycles. The number of rotatable bonds is 6. The molecule has 0 unspecified atom stereocenters. The first kappa shape index (κ1) is 15.5. The predicted molar refractivity (Wildman–Crippen MR) is 82.4 cm³/mol. The number of pyridine rings is 1. The van der Waals surface area contributed by atoms with Crippen molar-refractivity contribution in [1.82, 2.24) is 9.55 Å². The fourth-order valence-electron chi connectivity index (χ4n) is 2.12. The number of hydrogen-bond acceptors (Lipinski definition) is 4. The van der Waals surface area contributed by atoms with E-state index in [0.29, 0.717) is 12.2 Å². The SMILES string of the molecule is CCCn1cc(S(=O)(=O)Nc2cncc(C)c2)cc1CN. The Morgan fingerprint density at radius 2 is 2.10 bits per heavy atom. The predicted octanol–water partition coefficient (Wildman–Crippen LogP) is 1.86. The quantitative estimate of drug-likeness (QED) is 0.852. The number of hydrogen-bond donors (Lipinski definition) is 2. The first-order valence-corrected chi connectivity index (χ1v) is 8.28. The average molecular weight is 308 g/mol. The summed E-state index contributed by atoms with van der Waals surface area (Å²) in [6, 6.07) is 3.35. The van der Waals surface area contributed by atoms with Crippen LogP contribution in [0.25, 0.3) is 0 Å². The molecule has 21 heavy (non-hydrogen) atoms. The van der Waals surface area contributed by atoms with Gasteiger partial charge in [0.05, 0.1) is 11.9 Å². The summed E-state index contributed by atoms with van der Waals surface area (Å²) in [5, 5.41) is 0. The molecule has 0 bridgehead atoms. The third-order valence-corrected chi connectivity index (χ3v) is 4.42. The van der Waals surface area contributed by atoms with Gasteiger partial charge in [-0.15, -0.1) is 0 Å². The molecule has 2 rings (SSSR count). The zero-order valence-corrected chi connectivity index (χ0v) is 13.0. The number of sulfonamides is 1. The first-order valence-electron chi connectivity index (χ1n) is 6.80. The molecule has 0 aliphatic heterocycles. The molecule has 0 saturated heterocycles. The van der Waals surface area contributed by atoms with Crippen molar-refractivity contribution in [3.05, 3.63) is 42.0 Å². The lowest BCUT2D eigenvalue weighted by Crippen LogP contribution is -2.12. The standard InChI is InChI=1S/C14H20N4O2S/c1-3-4-18-10-14(6-13(18)7-15)21(19,20)17-12-5-11(2)8-16-9-12/h5-6,8-10,17H,3-4,7,15H2,1-2H3. The second-order valence-corrected chi connectivity index (χ2v) is 6.60. The van der Waals surface area contributed by atoms with E-state index < -0.39 is 10.0 Å². The van der Waals surface area contributed by atoms with Crippen molar-refractivity contribution in [3.63, 3.8) is 0 Å². The van der Waals surface area contributed by atoms with Gasteiger partial charge in [-0.05, 0) is 31.0 Å². The number of anilines is 1. The van der Waals surface area contributed by atoms with Gasteiger partial charge in [0, 0.05) is 31.2 Å². The zero-order chi connectivity index (χ0) is 15.5. The zero-order valence-electron chi connectivity index (χ0n) is 12.2. The maximum atomic E-state index is 12.4. The molecule has 0 amide bonds. The van der Waals surface area contributed by atoms with E-state index in [1.807, 2.05) is 18.4 Å². The molecule has 2 heterocycles. The van der Waals surface area contributed by atoms with Crippen LogP contribution in [-0.2, 0) is 23.1 Å². The lowest BCUT2D eigenvalue weighted by Gasteiger charge is -2.06. The molecule has 0 aliphatic carbocycles. The van der Waals surface area contributed by atoms with Crippen molar-refractivity contribution in [2.75, 3.05) is 4.72 Å². The number of nitrogens with zero attached hydrogens (tertiary/aromatic N) is 2. The van der Waals surface area contributed by atoms with Gasteiger partial charge in [0.1, 0.15) is 4.90 Å². The van der Waals surface area contributed by atoms with Crippen molar-refractivity contribution < 1.29 is 8.42 Å². The summed E-state index contributed by atoms with van der Waals surface area (Å²) < 4.78 is 29.2. The highest BCUT2D eigenvalue weighted by atomic mass is 32.2. The molecule has 7 heteroatoms. The molecule has 0 radical (unpaired) electrons. The van der Waals surface area contributed by atoms with Gasteiger partial charge in [0.25, 0.3) is 10.0 Å². The van der Waals surface area contributed by atoms with Gasteiger partial charge in [0.2, 0.25) is 0 Å². The highest BCUT2D eigenvalue weighted by molar-refractivity contribution is 7.92. The minimum absolute atomic E-state index is 0.220. The van der Waals surface area contributed by atoms with E-state index in [9.17, 15) is 8.42 Å². The largest absolute Gasteiger partial charge is 0.349 e. The van der Waals surface area contributed by atoms with Crippen LogP contribution in [0.5, 0.6) is 0 Å². The lowest BCUT2D eigenvalue weighted by atomic mass is 10.3. The smallest absolute Gasteiger partial charge is 0.263 e. The van der Waals surface area contributed by atoms with Crippen LogP contribution in [0.1, 0.15) is 24.6 Å². The summed E-state index contributed by atoms with van der Waals surface area (Å²) in [5.41, 5.74) is 7.81. The highest BCUT2D eigenvalue weighted by Crippen LogP contribution is 2.19. The van der Waals surface area contributed by atoms with E-state index in [4.69, 9.17) is 5.73 Å². The maximum Gasteiger partial charge on any atom is 0.263 e. The summed E-state index contributed by atoms with van der Waals surface area (Å²) in [7, 11) is -3.63. The van der Waals surface area contributed by atoms with E-state index in [1.165, 1.54) is 6.20 Å². The summed E-state index contributed by atoms with van der Waals surface area (Å²) in [5.74, 6) is 0. The molecule has 3 N–H and O–H groups in total. The van der Waals surface area contributed by atoms with Gasteiger partial charge >= 0.3 is 0 Å². The number of aromatic nitrogens is 2. The highest BCUT2D eigenvalue weighted by Gasteiger charge is 2.18. The fraction of sp³-hybridized carbons (Fsp3) is 0.357.